The van der Waals surface area contributed by atoms with Crippen molar-refractivity contribution in [3.63, 3.8) is 0 Å². The van der Waals surface area contributed by atoms with E-state index in [1.807, 2.05) is 33.2 Å². The number of carbonyl (C=O) groups excluding carboxylic acids is 1. The zero-order valence-electron chi connectivity index (χ0n) is 15.1. The molecule has 0 bridgehead atoms. The lowest BCUT2D eigenvalue weighted by Gasteiger charge is -2.19. The Labute approximate surface area is 147 Å². The van der Waals surface area contributed by atoms with Crippen molar-refractivity contribution in [2.24, 2.45) is 0 Å². The maximum atomic E-state index is 12.2. The SMILES string of the molecule is Cc1csc([C@@H](C)CNC(=O)N(C)CCCc2c(C)n[nH]c2C)n1. The van der Waals surface area contributed by atoms with E-state index in [1.54, 1.807) is 16.2 Å². The van der Waals surface area contributed by atoms with E-state index >= 15 is 0 Å². The van der Waals surface area contributed by atoms with Gasteiger partial charge in [0, 0.05) is 42.8 Å². The van der Waals surface area contributed by atoms with Crippen molar-refractivity contribution in [2.75, 3.05) is 20.1 Å². The lowest BCUT2D eigenvalue weighted by Crippen LogP contribution is -2.39. The van der Waals surface area contributed by atoms with E-state index < -0.39 is 0 Å². The highest BCUT2D eigenvalue weighted by Gasteiger charge is 2.14. The van der Waals surface area contributed by atoms with Crippen LogP contribution in [-0.4, -0.2) is 46.2 Å². The topological polar surface area (TPSA) is 73.9 Å². The lowest BCUT2D eigenvalue weighted by atomic mass is 10.1. The number of carbonyl (C=O) groups is 1. The highest BCUT2D eigenvalue weighted by molar-refractivity contribution is 7.09. The number of amides is 2. The van der Waals surface area contributed by atoms with Crippen LogP contribution in [0.15, 0.2) is 5.38 Å². The van der Waals surface area contributed by atoms with E-state index in [1.165, 1.54) is 5.56 Å². The van der Waals surface area contributed by atoms with Gasteiger partial charge in [0.15, 0.2) is 0 Å². The third kappa shape index (κ3) is 4.80. The Hall–Kier alpha value is -1.89. The number of urea groups is 1. The smallest absolute Gasteiger partial charge is 0.317 e. The average molecular weight is 350 g/mol. The molecule has 0 aliphatic heterocycles. The average Bonchev–Trinajstić information content (AvgIpc) is 3.12. The van der Waals surface area contributed by atoms with Gasteiger partial charge in [-0.1, -0.05) is 6.92 Å². The molecular formula is C17H27N5OS. The summed E-state index contributed by atoms with van der Waals surface area (Å²) >= 11 is 1.65. The highest BCUT2D eigenvalue weighted by Crippen LogP contribution is 2.19. The quantitative estimate of drug-likeness (QED) is 0.806. The lowest BCUT2D eigenvalue weighted by molar-refractivity contribution is 0.208. The summed E-state index contributed by atoms with van der Waals surface area (Å²) in [7, 11) is 1.84. The third-order valence-corrected chi connectivity index (χ3v) is 5.36. The molecule has 0 spiro atoms. The number of aromatic amines is 1. The van der Waals surface area contributed by atoms with E-state index in [2.05, 4.69) is 27.4 Å². The van der Waals surface area contributed by atoms with Crippen molar-refractivity contribution < 1.29 is 4.79 Å². The fraction of sp³-hybridized carbons (Fsp3) is 0.588. The predicted octanol–water partition coefficient (Wildman–Crippen LogP) is 3.17. The Morgan fingerprint density at radius 3 is 2.75 bits per heavy atom. The van der Waals surface area contributed by atoms with Crippen LogP contribution in [0.3, 0.4) is 0 Å². The number of hydrogen-bond acceptors (Lipinski definition) is 4. The molecule has 2 amide bonds. The van der Waals surface area contributed by atoms with Gasteiger partial charge >= 0.3 is 6.03 Å². The summed E-state index contributed by atoms with van der Waals surface area (Å²) in [6.45, 7) is 9.45. The molecule has 0 fully saturated rings. The molecule has 24 heavy (non-hydrogen) atoms. The number of H-pyrrole nitrogens is 1. The second-order valence-electron chi connectivity index (χ2n) is 6.35. The first-order chi connectivity index (χ1) is 11.4. The minimum atomic E-state index is -0.0317. The Morgan fingerprint density at radius 1 is 1.42 bits per heavy atom. The predicted molar refractivity (Wildman–Crippen MR) is 97.7 cm³/mol. The van der Waals surface area contributed by atoms with Crippen LogP contribution in [0.2, 0.25) is 0 Å². The van der Waals surface area contributed by atoms with Crippen LogP contribution < -0.4 is 5.32 Å². The first-order valence-electron chi connectivity index (χ1n) is 8.30. The van der Waals surface area contributed by atoms with Crippen molar-refractivity contribution in [1.82, 2.24) is 25.4 Å². The van der Waals surface area contributed by atoms with Crippen LogP contribution >= 0.6 is 11.3 Å². The van der Waals surface area contributed by atoms with Gasteiger partial charge in [0.05, 0.1) is 10.7 Å². The van der Waals surface area contributed by atoms with Crippen LogP contribution in [0.25, 0.3) is 0 Å². The Morgan fingerprint density at radius 2 is 2.17 bits per heavy atom. The van der Waals surface area contributed by atoms with Crippen LogP contribution in [0.4, 0.5) is 4.79 Å². The van der Waals surface area contributed by atoms with E-state index in [-0.39, 0.29) is 11.9 Å². The third-order valence-electron chi connectivity index (χ3n) is 4.17. The molecule has 0 saturated carbocycles. The second-order valence-corrected chi connectivity index (χ2v) is 7.24. The second kappa shape index (κ2) is 8.28. The van der Waals surface area contributed by atoms with Gasteiger partial charge in [-0.15, -0.1) is 11.3 Å². The minimum Gasteiger partial charge on any atom is -0.337 e. The van der Waals surface area contributed by atoms with Crippen LogP contribution in [0.5, 0.6) is 0 Å². The number of rotatable bonds is 7. The molecule has 2 aromatic rings. The summed E-state index contributed by atoms with van der Waals surface area (Å²) in [4.78, 5) is 18.4. The summed E-state index contributed by atoms with van der Waals surface area (Å²) in [5.41, 5.74) is 4.46. The minimum absolute atomic E-state index is 0.0317. The summed E-state index contributed by atoms with van der Waals surface area (Å²) in [6, 6.07) is -0.0317. The van der Waals surface area contributed by atoms with Gasteiger partial charge in [-0.3, -0.25) is 5.10 Å². The first kappa shape index (κ1) is 18.4. The van der Waals surface area contributed by atoms with Crippen molar-refractivity contribution in [1.29, 1.82) is 0 Å². The summed E-state index contributed by atoms with van der Waals surface area (Å²) in [5.74, 6) is 0.234. The van der Waals surface area contributed by atoms with Gasteiger partial charge in [0.1, 0.15) is 0 Å². The maximum absolute atomic E-state index is 12.2. The molecule has 2 heterocycles. The summed E-state index contributed by atoms with van der Waals surface area (Å²) in [6.07, 6.45) is 1.85. The standard InChI is InChI=1S/C17H27N5OS/c1-11(16-19-12(2)10-24-16)9-18-17(23)22(5)8-6-7-15-13(3)20-21-14(15)4/h10-11H,6-9H2,1-5H3,(H,18,23)(H,20,21)/t11-/m0/s1. The molecule has 2 aromatic heterocycles. The van der Waals surface area contributed by atoms with Crippen LogP contribution in [0.1, 0.15) is 46.9 Å². The Balaban J connectivity index is 1.72. The first-order valence-corrected chi connectivity index (χ1v) is 9.18. The highest BCUT2D eigenvalue weighted by atomic mass is 32.1. The molecule has 0 saturated heterocycles. The van der Waals surface area contributed by atoms with Crippen LogP contribution in [-0.2, 0) is 6.42 Å². The molecule has 6 nitrogen and oxygen atoms in total. The monoisotopic (exact) mass is 349 g/mol. The number of nitrogens with zero attached hydrogens (tertiary/aromatic N) is 3. The molecule has 7 heteroatoms. The maximum Gasteiger partial charge on any atom is 0.317 e. The molecule has 0 aromatic carbocycles. The summed E-state index contributed by atoms with van der Waals surface area (Å²) < 4.78 is 0. The number of nitrogens with one attached hydrogen (secondary N) is 2. The van der Waals surface area contributed by atoms with Gasteiger partial charge < -0.3 is 10.2 Å². The largest absolute Gasteiger partial charge is 0.337 e. The van der Waals surface area contributed by atoms with Crippen molar-refractivity contribution >= 4 is 17.4 Å². The molecule has 0 unspecified atom stereocenters. The Kier molecular flexibility index (Phi) is 6.36. The number of aryl methyl sites for hydroxylation is 3. The van der Waals surface area contributed by atoms with E-state index in [4.69, 9.17) is 0 Å². The van der Waals surface area contributed by atoms with E-state index in [0.29, 0.717) is 6.54 Å². The fourth-order valence-electron chi connectivity index (χ4n) is 2.60. The Bertz CT molecular complexity index is 659. The molecule has 0 radical (unpaired) electrons. The van der Waals surface area contributed by atoms with Crippen LogP contribution in [0, 0.1) is 20.8 Å². The number of thiazole rings is 1. The van der Waals surface area contributed by atoms with Crippen molar-refractivity contribution in [2.45, 2.75) is 46.5 Å². The zero-order valence-corrected chi connectivity index (χ0v) is 16.0. The van der Waals surface area contributed by atoms with E-state index in [0.717, 1.165) is 41.5 Å². The molecule has 0 aliphatic rings. The van der Waals surface area contributed by atoms with Gasteiger partial charge in [-0.25, -0.2) is 9.78 Å². The molecular weight excluding hydrogens is 322 g/mol. The molecule has 132 valence electrons. The van der Waals surface area contributed by atoms with Crippen molar-refractivity contribution in [3.8, 4) is 0 Å². The normalized spacial score (nSPS) is 12.2. The van der Waals surface area contributed by atoms with Gasteiger partial charge in [-0.05, 0) is 39.2 Å². The van der Waals surface area contributed by atoms with Crippen molar-refractivity contribution in [3.05, 3.63) is 33.0 Å². The van der Waals surface area contributed by atoms with Gasteiger partial charge in [-0.2, -0.15) is 5.10 Å². The number of hydrogen-bond donors (Lipinski definition) is 2. The fourth-order valence-corrected chi connectivity index (χ4v) is 3.45. The zero-order chi connectivity index (χ0) is 17.7. The summed E-state index contributed by atoms with van der Waals surface area (Å²) in [5, 5.41) is 13.3. The molecule has 1 atom stereocenters. The van der Waals surface area contributed by atoms with Gasteiger partial charge in [0.2, 0.25) is 0 Å². The van der Waals surface area contributed by atoms with E-state index in [9.17, 15) is 4.79 Å². The van der Waals surface area contributed by atoms with Gasteiger partial charge in [0.25, 0.3) is 0 Å². The number of aromatic nitrogens is 3. The molecule has 0 aliphatic carbocycles. The molecule has 2 rings (SSSR count). The molecule has 2 N–H and O–H groups in total.